The molecule has 0 unspecified atom stereocenters. The number of rotatable bonds is 6. The first kappa shape index (κ1) is 13.0. The van der Waals surface area contributed by atoms with Gasteiger partial charge in [0.2, 0.25) is 0 Å². The predicted molar refractivity (Wildman–Crippen MR) is 59.7 cm³/mol. The SMILES string of the molecule is COc1ccc(N(CCCl)CC(F)F)nc1. The lowest BCUT2D eigenvalue weighted by molar-refractivity contribution is 0.155. The van der Waals surface area contributed by atoms with E-state index in [1.54, 1.807) is 12.1 Å². The highest BCUT2D eigenvalue weighted by Gasteiger charge is 2.13. The lowest BCUT2D eigenvalue weighted by Gasteiger charge is -2.22. The van der Waals surface area contributed by atoms with Crippen molar-refractivity contribution in [2.45, 2.75) is 6.43 Å². The molecule has 0 bridgehead atoms. The lowest BCUT2D eigenvalue weighted by atomic mass is 10.4. The molecular formula is C10H13ClF2N2O. The Morgan fingerprint density at radius 3 is 2.69 bits per heavy atom. The zero-order chi connectivity index (χ0) is 12.0. The fraction of sp³-hybridized carbons (Fsp3) is 0.500. The van der Waals surface area contributed by atoms with Crippen LogP contribution in [0.3, 0.4) is 0 Å². The number of aromatic nitrogens is 1. The van der Waals surface area contributed by atoms with E-state index in [9.17, 15) is 8.78 Å². The van der Waals surface area contributed by atoms with Crippen LogP contribution in [-0.2, 0) is 0 Å². The number of ether oxygens (including phenoxy) is 1. The number of halogens is 3. The number of hydrogen-bond donors (Lipinski definition) is 0. The van der Waals surface area contributed by atoms with Crippen molar-refractivity contribution in [2.24, 2.45) is 0 Å². The molecule has 0 N–H and O–H groups in total. The summed E-state index contributed by atoms with van der Waals surface area (Å²) >= 11 is 5.55. The maximum atomic E-state index is 12.3. The molecule has 1 rings (SSSR count). The van der Waals surface area contributed by atoms with Gasteiger partial charge in [0.05, 0.1) is 19.9 Å². The molecule has 0 amide bonds. The average molecular weight is 251 g/mol. The van der Waals surface area contributed by atoms with E-state index in [0.29, 0.717) is 18.1 Å². The van der Waals surface area contributed by atoms with Gasteiger partial charge in [-0.1, -0.05) is 0 Å². The summed E-state index contributed by atoms with van der Waals surface area (Å²) in [4.78, 5) is 5.47. The van der Waals surface area contributed by atoms with E-state index in [-0.39, 0.29) is 12.4 Å². The molecule has 0 aromatic carbocycles. The molecule has 0 aliphatic carbocycles. The van der Waals surface area contributed by atoms with Gasteiger partial charge in [0.15, 0.2) is 0 Å². The minimum Gasteiger partial charge on any atom is -0.495 e. The number of methoxy groups -OCH3 is 1. The zero-order valence-electron chi connectivity index (χ0n) is 8.87. The molecule has 90 valence electrons. The molecule has 0 radical (unpaired) electrons. The summed E-state index contributed by atoms with van der Waals surface area (Å²) in [5.41, 5.74) is 0. The van der Waals surface area contributed by atoms with E-state index < -0.39 is 6.43 Å². The van der Waals surface area contributed by atoms with Gasteiger partial charge in [-0.3, -0.25) is 0 Å². The second-order valence-electron chi connectivity index (χ2n) is 3.08. The maximum absolute atomic E-state index is 12.3. The Bertz CT molecular complexity index is 308. The highest BCUT2D eigenvalue weighted by Crippen LogP contribution is 2.16. The van der Waals surface area contributed by atoms with Crippen molar-refractivity contribution in [3.05, 3.63) is 18.3 Å². The van der Waals surface area contributed by atoms with Crippen LogP contribution in [0.15, 0.2) is 18.3 Å². The molecular weight excluding hydrogens is 238 g/mol. The molecule has 16 heavy (non-hydrogen) atoms. The molecule has 1 aromatic rings. The van der Waals surface area contributed by atoms with Crippen molar-refractivity contribution in [3.63, 3.8) is 0 Å². The van der Waals surface area contributed by atoms with Gasteiger partial charge in [0, 0.05) is 12.4 Å². The van der Waals surface area contributed by atoms with Crippen LogP contribution in [-0.4, -0.2) is 37.5 Å². The van der Waals surface area contributed by atoms with Crippen LogP contribution >= 0.6 is 11.6 Å². The molecule has 1 aromatic heterocycles. The number of hydrogen-bond acceptors (Lipinski definition) is 3. The van der Waals surface area contributed by atoms with E-state index in [1.807, 2.05) is 0 Å². The van der Waals surface area contributed by atoms with E-state index >= 15 is 0 Å². The second kappa shape index (κ2) is 6.48. The van der Waals surface area contributed by atoms with Crippen LogP contribution in [0.1, 0.15) is 0 Å². The standard InChI is InChI=1S/C10H13ClF2N2O/c1-16-8-2-3-10(14-6-8)15(5-4-11)7-9(12)13/h2-3,6,9H,4-5,7H2,1H3. The van der Waals surface area contributed by atoms with Gasteiger partial charge in [0.1, 0.15) is 11.6 Å². The summed E-state index contributed by atoms with van der Waals surface area (Å²) in [6, 6.07) is 3.31. The molecule has 0 aliphatic rings. The van der Waals surface area contributed by atoms with Gasteiger partial charge in [-0.2, -0.15) is 0 Å². The maximum Gasteiger partial charge on any atom is 0.255 e. The van der Waals surface area contributed by atoms with Crippen molar-refractivity contribution >= 4 is 17.4 Å². The van der Waals surface area contributed by atoms with Crippen LogP contribution in [0, 0.1) is 0 Å². The fourth-order valence-corrected chi connectivity index (χ4v) is 1.45. The highest BCUT2D eigenvalue weighted by atomic mass is 35.5. The first-order chi connectivity index (χ1) is 7.67. The summed E-state index contributed by atoms with van der Waals surface area (Å²) < 4.78 is 29.5. The summed E-state index contributed by atoms with van der Waals surface area (Å²) in [6.07, 6.45) is -0.922. The van der Waals surface area contributed by atoms with Crippen LogP contribution in [0.2, 0.25) is 0 Å². The Morgan fingerprint density at radius 2 is 2.25 bits per heavy atom. The largest absolute Gasteiger partial charge is 0.495 e. The van der Waals surface area contributed by atoms with Crippen molar-refractivity contribution in [1.82, 2.24) is 4.98 Å². The van der Waals surface area contributed by atoms with Crippen molar-refractivity contribution in [3.8, 4) is 5.75 Å². The number of pyridine rings is 1. The van der Waals surface area contributed by atoms with Crippen molar-refractivity contribution < 1.29 is 13.5 Å². The molecule has 1 heterocycles. The number of nitrogens with zero attached hydrogens (tertiary/aromatic N) is 2. The Balaban J connectivity index is 2.75. The lowest BCUT2D eigenvalue weighted by Crippen LogP contribution is -2.31. The summed E-state index contributed by atoms with van der Waals surface area (Å²) in [5.74, 6) is 1.34. The van der Waals surface area contributed by atoms with Crippen molar-refractivity contribution in [1.29, 1.82) is 0 Å². The quantitative estimate of drug-likeness (QED) is 0.725. The molecule has 0 spiro atoms. The van der Waals surface area contributed by atoms with Gasteiger partial charge in [0.25, 0.3) is 6.43 Å². The monoisotopic (exact) mass is 250 g/mol. The van der Waals surface area contributed by atoms with Crippen molar-refractivity contribution in [2.75, 3.05) is 31.0 Å². The summed E-state index contributed by atoms with van der Waals surface area (Å²) in [6.45, 7) is -0.0305. The molecule has 0 saturated heterocycles. The Morgan fingerprint density at radius 1 is 1.50 bits per heavy atom. The number of anilines is 1. The van der Waals surface area contributed by atoms with Crippen LogP contribution in [0.25, 0.3) is 0 Å². The number of alkyl halides is 3. The van der Waals surface area contributed by atoms with E-state index in [4.69, 9.17) is 16.3 Å². The first-order valence-corrected chi connectivity index (χ1v) is 5.30. The van der Waals surface area contributed by atoms with Gasteiger partial charge in [-0.25, -0.2) is 13.8 Å². The zero-order valence-corrected chi connectivity index (χ0v) is 9.62. The Kier molecular flexibility index (Phi) is 5.25. The molecule has 0 saturated carbocycles. The predicted octanol–water partition coefficient (Wildman–Crippen LogP) is 2.40. The minimum atomic E-state index is -2.41. The third kappa shape index (κ3) is 3.81. The average Bonchev–Trinajstić information content (AvgIpc) is 2.28. The Hall–Kier alpha value is -1.10. The van der Waals surface area contributed by atoms with Gasteiger partial charge in [-0.15, -0.1) is 11.6 Å². The molecule has 6 heteroatoms. The molecule has 0 fully saturated rings. The van der Waals surface area contributed by atoms with Crippen LogP contribution in [0.4, 0.5) is 14.6 Å². The normalized spacial score (nSPS) is 10.6. The van der Waals surface area contributed by atoms with E-state index in [0.717, 1.165) is 0 Å². The second-order valence-corrected chi connectivity index (χ2v) is 3.46. The third-order valence-electron chi connectivity index (χ3n) is 1.99. The highest BCUT2D eigenvalue weighted by molar-refractivity contribution is 6.18. The summed E-state index contributed by atoms with van der Waals surface area (Å²) in [5, 5.41) is 0. The van der Waals surface area contributed by atoms with Gasteiger partial charge >= 0.3 is 0 Å². The summed E-state index contributed by atoms with van der Waals surface area (Å²) in [7, 11) is 1.52. The molecule has 0 aliphatic heterocycles. The van der Waals surface area contributed by atoms with Crippen LogP contribution < -0.4 is 9.64 Å². The van der Waals surface area contributed by atoms with E-state index in [1.165, 1.54) is 18.2 Å². The molecule has 3 nitrogen and oxygen atoms in total. The van der Waals surface area contributed by atoms with Gasteiger partial charge < -0.3 is 9.64 Å². The van der Waals surface area contributed by atoms with E-state index in [2.05, 4.69) is 4.98 Å². The third-order valence-corrected chi connectivity index (χ3v) is 2.16. The fourth-order valence-electron chi connectivity index (χ4n) is 1.25. The Labute approximate surface area is 98.0 Å². The van der Waals surface area contributed by atoms with Gasteiger partial charge in [-0.05, 0) is 12.1 Å². The minimum absolute atomic E-state index is 0.278. The topological polar surface area (TPSA) is 25.4 Å². The molecule has 0 atom stereocenters. The van der Waals surface area contributed by atoms with Crippen LogP contribution in [0.5, 0.6) is 5.75 Å². The smallest absolute Gasteiger partial charge is 0.255 e. The first-order valence-electron chi connectivity index (χ1n) is 4.76.